The number of pyridine rings is 1. The topological polar surface area (TPSA) is 78.7 Å². The molecule has 1 amide bonds. The maximum Gasteiger partial charge on any atom is 0.306 e. The molecule has 0 radical (unpaired) electrons. The Morgan fingerprint density at radius 1 is 1.14 bits per heavy atom. The standard InChI is InChI=1S/C27H30Cl2N4O3/c1-27(2)16-32(23(34)15-31-8-5-18(6-9-31)26(35)36)14-22-24(27)21-4-3-7-30-25(21)33(22)13-17-10-19(28)12-20(29)11-17/h3-4,7,10-12,18H,5-6,8-9,13-16H2,1-2H3,(H,35,36). The van der Waals surface area contributed by atoms with Gasteiger partial charge in [0.1, 0.15) is 5.65 Å². The van der Waals surface area contributed by atoms with Gasteiger partial charge >= 0.3 is 5.97 Å². The number of nitrogens with zero attached hydrogens (tertiary/aromatic N) is 4. The van der Waals surface area contributed by atoms with Crippen molar-refractivity contribution in [2.45, 2.75) is 45.2 Å². The summed E-state index contributed by atoms with van der Waals surface area (Å²) in [5, 5.41) is 11.5. The number of piperidine rings is 1. The summed E-state index contributed by atoms with van der Waals surface area (Å²) < 4.78 is 2.19. The molecule has 1 aromatic carbocycles. The zero-order valence-corrected chi connectivity index (χ0v) is 22.0. The molecular formula is C27H30Cl2N4O3. The average Bonchev–Trinajstić information content (AvgIpc) is 3.13. The minimum absolute atomic E-state index is 0.0677. The van der Waals surface area contributed by atoms with Crippen molar-refractivity contribution in [3.8, 4) is 0 Å². The van der Waals surface area contributed by atoms with Gasteiger partial charge in [-0.15, -0.1) is 0 Å². The quantitative estimate of drug-likeness (QED) is 0.514. The molecule has 0 saturated carbocycles. The third-order valence-corrected chi connectivity index (χ3v) is 7.88. The molecule has 1 N–H and O–H groups in total. The van der Waals surface area contributed by atoms with E-state index in [2.05, 4.69) is 29.4 Å². The smallest absolute Gasteiger partial charge is 0.306 e. The molecule has 36 heavy (non-hydrogen) atoms. The van der Waals surface area contributed by atoms with Crippen molar-refractivity contribution in [2.24, 2.45) is 5.92 Å². The van der Waals surface area contributed by atoms with Crippen LogP contribution < -0.4 is 0 Å². The molecule has 0 atom stereocenters. The molecule has 4 heterocycles. The molecule has 0 bridgehead atoms. The Balaban J connectivity index is 1.45. The van der Waals surface area contributed by atoms with Crippen LogP contribution in [0.25, 0.3) is 11.0 Å². The first kappa shape index (κ1) is 25.1. The van der Waals surface area contributed by atoms with E-state index in [1.807, 2.05) is 23.1 Å². The van der Waals surface area contributed by atoms with Crippen LogP contribution in [-0.4, -0.2) is 62.5 Å². The second-order valence-corrected chi connectivity index (χ2v) is 11.5. The number of likely N-dealkylation sites (tertiary alicyclic amines) is 1. The van der Waals surface area contributed by atoms with Crippen LogP contribution in [0.1, 0.15) is 43.5 Å². The van der Waals surface area contributed by atoms with Crippen LogP contribution in [0.15, 0.2) is 36.5 Å². The van der Waals surface area contributed by atoms with Gasteiger partial charge in [0.15, 0.2) is 0 Å². The zero-order valence-electron chi connectivity index (χ0n) is 20.5. The summed E-state index contributed by atoms with van der Waals surface area (Å²) >= 11 is 12.6. The number of aliphatic carboxylic acids is 1. The minimum Gasteiger partial charge on any atom is -0.481 e. The number of hydrogen-bond acceptors (Lipinski definition) is 4. The van der Waals surface area contributed by atoms with Gasteiger partial charge in [-0.3, -0.25) is 14.5 Å². The summed E-state index contributed by atoms with van der Waals surface area (Å²) in [4.78, 5) is 33.5. The highest BCUT2D eigenvalue weighted by atomic mass is 35.5. The van der Waals surface area contributed by atoms with Crippen molar-refractivity contribution < 1.29 is 14.7 Å². The molecule has 9 heteroatoms. The van der Waals surface area contributed by atoms with Crippen LogP contribution in [0.2, 0.25) is 10.0 Å². The zero-order chi connectivity index (χ0) is 25.6. The average molecular weight is 529 g/mol. The highest BCUT2D eigenvalue weighted by Crippen LogP contribution is 2.40. The van der Waals surface area contributed by atoms with E-state index in [0.29, 0.717) is 62.2 Å². The molecule has 5 rings (SSSR count). The van der Waals surface area contributed by atoms with Crippen LogP contribution in [0, 0.1) is 5.92 Å². The number of fused-ring (bicyclic) bond motifs is 3. The van der Waals surface area contributed by atoms with Crippen LogP contribution >= 0.6 is 23.2 Å². The highest BCUT2D eigenvalue weighted by Gasteiger charge is 2.39. The first-order valence-electron chi connectivity index (χ1n) is 12.3. The largest absolute Gasteiger partial charge is 0.481 e. The Hall–Kier alpha value is -2.61. The molecule has 190 valence electrons. The number of carbonyl (C=O) groups excluding carboxylic acids is 1. The number of aromatic nitrogens is 2. The third-order valence-electron chi connectivity index (χ3n) is 7.44. The van der Waals surface area contributed by atoms with E-state index in [-0.39, 0.29) is 17.2 Å². The number of carboxylic acid groups (broad SMARTS) is 1. The predicted octanol–water partition coefficient (Wildman–Crippen LogP) is 4.81. The summed E-state index contributed by atoms with van der Waals surface area (Å²) in [5.41, 5.74) is 3.90. The van der Waals surface area contributed by atoms with E-state index in [0.717, 1.165) is 22.3 Å². The Bertz CT molecular complexity index is 1310. The van der Waals surface area contributed by atoms with E-state index in [1.54, 1.807) is 12.3 Å². The van der Waals surface area contributed by atoms with Gasteiger partial charge in [0.2, 0.25) is 5.91 Å². The number of carbonyl (C=O) groups is 2. The minimum atomic E-state index is -0.742. The van der Waals surface area contributed by atoms with Gasteiger partial charge in [-0.2, -0.15) is 0 Å². The van der Waals surface area contributed by atoms with Crippen LogP contribution in [0.3, 0.4) is 0 Å². The lowest BCUT2D eigenvalue weighted by atomic mass is 9.79. The van der Waals surface area contributed by atoms with Crippen LogP contribution in [0.5, 0.6) is 0 Å². The lowest BCUT2D eigenvalue weighted by Gasteiger charge is -2.40. The molecule has 0 aliphatic carbocycles. The first-order valence-corrected chi connectivity index (χ1v) is 13.0. The summed E-state index contributed by atoms with van der Waals surface area (Å²) in [5.74, 6) is -0.984. The van der Waals surface area contributed by atoms with Gasteiger partial charge in [0, 0.05) is 45.8 Å². The number of hydrogen-bond donors (Lipinski definition) is 1. The lowest BCUT2D eigenvalue weighted by Crippen LogP contribution is -2.49. The molecule has 0 spiro atoms. The van der Waals surface area contributed by atoms with Crippen molar-refractivity contribution in [3.63, 3.8) is 0 Å². The maximum absolute atomic E-state index is 13.5. The molecule has 0 unspecified atom stereocenters. The molecule has 1 saturated heterocycles. The fourth-order valence-electron chi connectivity index (χ4n) is 5.80. The Labute approximate surface area is 220 Å². The van der Waals surface area contributed by atoms with Gasteiger partial charge in [-0.25, -0.2) is 4.98 Å². The second kappa shape index (κ2) is 9.69. The van der Waals surface area contributed by atoms with Crippen LogP contribution in [-0.2, 0) is 28.1 Å². The van der Waals surface area contributed by atoms with Crippen LogP contribution in [0.4, 0.5) is 0 Å². The summed E-state index contributed by atoms with van der Waals surface area (Å²) in [6, 6.07) is 9.60. The van der Waals surface area contributed by atoms with E-state index in [9.17, 15) is 14.7 Å². The number of halogens is 2. The maximum atomic E-state index is 13.5. The molecule has 1 fully saturated rings. The van der Waals surface area contributed by atoms with E-state index in [4.69, 9.17) is 28.2 Å². The highest BCUT2D eigenvalue weighted by molar-refractivity contribution is 6.34. The normalized spacial score (nSPS) is 18.4. The van der Waals surface area contributed by atoms with Crippen molar-refractivity contribution >= 4 is 46.1 Å². The predicted molar refractivity (Wildman–Crippen MR) is 141 cm³/mol. The summed E-state index contributed by atoms with van der Waals surface area (Å²) in [6.45, 7) is 7.57. The number of rotatable bonds is 5. The monoisotopic (exact) mass is 528 g/mol. The van der Waals surface area contributed by atoms with Gasteiger partial charge < -0.3 is 14.6 Å². The van der Waals surface area contributed by atoms with Crippen molar-refractivity contribution in [3.05, 3.63) is 63.4 Å². The second-order valence-electron chi connectivity index (χ2n) is 10.6. The Kier molecular flexibility index (Phi) is 6.74. The molecule has 7 nitrogen and oxygen atoms in total. The summed E-state index contributed by atoms with van der Waals surface area (Å²) in [7, 11) is 0. The number of benzene rings is 1. The number of carboxylic acids is 1. The summed E-state index contributed by atoms with van der Waals surface area (Å²) in [6.07, 6.45) is 2.96. The van der Waals surface area contributed by atoms with Gasteiger partial charge in [-0.05, 0) is 67.4 Å². The van der Waals surface area contributed by atoms with Crippen molar-refractivity contribution in [2.75, 3.05) is 26.2 Å². The van der Waals surface area contributed by atoms with Crippen molar-refractivity contribution in [1.29, 1.82) is 0 Å². The van der Waals surface area contributed by atoms with E-state index in [1.165, 1.54) is 5.56 Å². The molecular weight excluding hydrogens is 499 g/mol. The number of amides is 1. The molecule has 2 aliphatic rings. The molecule has 3 aromatic rings. The Morgan fingerprint density at radius 3 is 2.50 bits per heavy atom. The van der Waals surface area contributed by atoms with Gasteiger partial charge in [0.05, 0.1) is 19.0 Å². The van der Waals surface area contributed by atoms with E-state index < -0.39 is 5.97 Å². The van der Waals surface area contributed by atoms with Crippen molar-refractivity contribution in [1.82, 2.24) is 19.4 Å². The first-order chi connectivity index (χ1) is 17.1. The molecule has 2 aromatic heterocycles. The fourth-order valence-corrected chi connectivity index (χ4v) is 6.37. The van der Waals surface area contributed by atoms with Gasteiger partial charge in [0.25, 0.3) is 0 Å². The lowest BCUT2D eigenvalue weighted by molar-refractivity contribution is -0.143. The third kappa shape index (κ3) is 4.84. The fraction of sp³-hybridized carbons (Fsp3) is 0.444. The van der Waals surface area contributed by atoms with Gasteiger partial charge in [-0.1, -0.05) is 37.0 Å². The SMILES string of the molecule is CC1(C)CN(C(=O)CN2CCC(C(=O)O)CC2)Cc2c1c1cccnc1n2Cc1cc(Cl)cc(Cl)c1. The Morgan fingerprint density at radius 2 is 1.83 bits per heavy atom. The molecule has 2 aliphatic heterocycles. The van der Waals surface area contributed by atoms with E-state index >= 15 is 0 Å².